The molecule has 0 bridgehead atoms. The Balaban J connectivity index is 2.62. The van der Waals surface area contributed by atoms with Crippen LogP contribution < -0.4 is 9.46 Å². The van der Waals surface area contributed by atoms with E-state index in [2.05, 4.69) is 23.5 Å². The number of hydrogen-bond donors (Lipinski definition) is 1. The van der Waals surface area contributed by atoms with Crippen molar-refractivity contribution in [1.29, 1.82) is 0 Å². The molecule has 0 radical (unpaired) electrons. The van der Waals surface area contributed by atoms with Gasteiger partial charge in [-0.25, -0.2) is 13.1 Å². The summed E-state index contributed by atoms with van der Waals surface area (Å²) in [5, 5.41) is 0. The van der Waals surface area contributed by atoms with Crippen LogP contribution in [-0.2, 0) is 14.8 Å². The minimum absolute atomic E-state index is 0.149. The van der Waals surface area contributed by atoms with Gasteiger partial charge in [-0.2, -0.15) is 0 Å². The molecule has 1 aromatic carbocycles. The molecule has 0 aromatic heterocycles. The number of nitrogens with zero attached hydrogens (tertiary/aromatic N) is 1. The zero-order valence-electron chi connectivity index (χ0n) is 14.4. The highest BCUT2D eigenvalue weighted by Gasteiger charge is 2.17. The van der Waals surface area contributed by atoms with Crippen LogP contribution in [0.1, 0.15) is 20.8 Å². The molecule has 0 aliphatic carbocycles. The maximum Gasteiger partial charge on any atom is 0.240 e. The second kappa shape index (κ2) is 9.87. The fourth-order valence-corrected chi connectivity index (χ4v) is 3.37. The lowest BCUT2D eigenvalue weighted by Crippen LogP contribution is -2.41. The average molecular weight is 344 g/mol. The van der Waals surface area contributed by atoms with Gasteiger partial charge in [0.25, 0.3) is 0 Å². The number of nitrogens with one attached hydrogen (secondary N) is 1. The third kappa shape index (κ3) is 6.47. The van der Waals surface area contributed by atoms with E-state index in [1.54, 1.807) is 31.4 Å². The summed E-state index contributed by atoms with van der Waals surface area (Å²) in [5.41, 5.74) is 0. The smallest absolute Gasteiger partial charge is 0.240 e. The predicted molar refractivity (Wildman–Crippen MR) is 91.4 cm³/mol. The van der Waals surface area contributed by atoms with E-state index in [0.717, 1.165) is 13.1 Å². The van der Waals surface area contributed by atoms with Crippen LogP contribution in [0.25, 0.3) is 0 Å². The number of rotatable bonds is 11. The summed E-state index contributed by atoms with van der Waals surface area (Å²) in [6.07, 6.45) is 0. The number of likely N-dealkylation sites (N-methyl/N-ethyl adjacent to an activating group) is 1. The third-order valence-electron chi connectivity index (χ3n) is 3.69. The van der Waals surface area contributed by atoms with E-state index in [9.17, 15) is 8.42 Å². The summed E-state index contributed by atoms with van der Waals surface area (Å²) in [6, 6.07) is 6.55. The van der Waals surface area contributed by atoms with Crippen LogP contribution in [-0.4, -0.2) is 59.3 Å². The lowest BCUT2D eigenvalue weighted by Gasteiger charge is -2.26. The molecule has 0 amide bonds. The Kier molecular flexibility index (Phi) is 8.54. The number of hydrogen-bond acceptors (Lipinski definition) is 5. The van der Waals surface area contributed by atoms with E-state index in [1.807, 2.05) is 6.92 Å². The van der Waals surface area contributed by atoms with E-state index in [1.165, 1.54) is 0 Å². The largest absolute Gasteiger partial charge is 0.491 e. The van der Waals surface area contributed by atoms with Gasteiger partial charge in [-0.15, -0.1) is 0 Å². The van der Waals surface area contributed by atoms with Crippen LogP contribution in [0.4, 0.5) is 0 Å². The first-order chi connectivity index (χ1) is 10.9. The molecule has 0 saturated carbocycles. The lowest BCUT2D eigenvalue weighted by molar-refractivity contribution is 0.146. The van der Waals surface area contributed by atoms with Gasteiger partial charge >= 0.3 is 0 Å². The summed E-state index contributed by atoms with van der Waals surface area (Å²) in [6.45, 7) is 9.25. The Morgan fingerprint density at radius 1 is 1.13 bits per heavy atom. The number of benzene rings is 1. The van der Waals surface area contributed by atoms with E-state index in [4.69, 9.17) is 9.47 Å². The Labute approximate surface area is 139 Å². The number of methoxy groups -OCH3 is 1. The predicted octanol–water partition coefficient (Wildman–Crippen LogP) is 1.72. The molecule has 0 saturated heterocycles. The Morgan fingerprint density at radius 2 is 1.74 bits per heavy atom. The van der Waals surface area contributed by atoms with Crippen molar-refractivity contribution in [2.45, 2.75) is 31.7 Å². The van der Waals surface area contributed by atoms with E-state index in [-0.39, 0.29) is 10.9 Å². The van der Waals surface area contributed by atoms with E-state index >= 15 is 0 Å². The number of ether oxygens (including phenoxy) is 2. The molecule has 0 aliphatic rings. The third-order valence-corrected chi connectivity index (χ3v) is 5.13. The number of sulfonamides is 1. The van der Waals surface area contributed by atoms with Gasteiger partial charge < -0.3 is 9.47 Å². The summed E-state index contributed by atoms with van der Waals surface area (Å²) in [5.74, 6) is 0.623. The molecule has 1 aromatic rings. The Morgan fingerprint density at radius 3 is 2.26 bits per heavy atom. The van der Waals surface area contributed by atoms with Crippen molar-refractivity contribution in [3.8, 4) is 5.75 Å². The molecule has 6 nitrogen and oxygen atoms in total. The summed E-state index contributed by atoms with van der Waals surface area (Å²) in [7, 11) is -1.90. The van der Waals surface area contributed by atoms with Crippen LogP contribution in [0.2, 0.25) is 0 Å². The SMILES string of the molecule is CCN(CC)[C@@H](C)CNS(=O)(=O)c1ccc(OCCOC)cc1. The Bertz CT molecular complexity index is 542. The maximum absolute atomic E-state index is 12.3. The van der Waals surface area contributed by atoms with Gasteiger partial charge in [-0.1, -0.05) is 13.8 Å². The lowest BCUT2D eigenvalue weighted by atomic mass is 10.3. The molecular weight excluding hydrogens is 316 g/mol. The van der Waals surface area contributed by atoms with Crippen LogP contribution in [0.3, 0.4) is 0 Å². The summed E-state index contributed by atoms with van der Waals surface area (Å²) < 4.78 is 37.6. The van der Waals surface area contributed by atoms with Gasteiger partial charge in [0, 0.05) is 19.7 Å². The van der Waals surface area contributed by atoms with Gasteiger partial charge in [0.2, 0.25) is 10.0 Å². The molecule has 1 N–H and O–H groups in total. The van der Waals surface area contributed by atoms with Crippen molar-refractivity contribution in [2.24, 2.45) is 0 Å². The fourth-order valence-electron chi connectivity index (χ4n) is 2.25. The van der Waals surface area contributed by atoms with E-state index in [0.29, 0.717) is 25.5 Å². The van der Waals surface area contributed by atoms with Gasteiger partial charge in [0.1, 0.15) is 12.4 Å². The molecule has 0 fully saturated rings. The highest BCUT2D eigenvalue weighted by atomic mass is 32.2. The molecule has 0 aliphatic heterocycles. The quantitative estimate of drug-likeness (QED) is 0.619. The van der Waals surface area contributed by atoms with Crippen LogP contribution in [0.15, 0.2) is 29.2 Å². The highest BCUT2D eigenvalue weighted by molar-refractivity contribution is 7.89. The second-order valence-corrected chi connectivity index (χ2v) is 7.00. The molecule has 1 atom stereocenters. The van der Waals surface area contributed by atoms with Crippen LogP contribution in [0.5, 0.6) is 5.75 Å². The molecular formula is C16H28N2O4S. The monoisotopic (exact) mass is 344 g/mol. The minimum Gasteiger partial charge on any atom is -0.491 e. The first-order valence-electron chi connectivity index (χ1n) is 7.90. The zero-order chi connectivity index (χ0) is 17.3. The highest BCUT2D eigenvalue weighted by Crippen LogP contribution is 2.16. The van der Waals surface area contributed by atoms with Gasteiger partial charge in [0.05, 0.1) is 11.5 Å². The summed E-state index contributed by atoms with van der Waals surface area (Å²) in [4.78, 5) is 2.44. The molecule has 7 heteroatoms. The molecule has 0 unspecified atom stereocenters. The van der Waals surface area contributed by atoms with Crippen molar-refractivity contribution in [3.63, 3.8) is 0 Å². The van der Waals surface area contributed by atoms with Crippen molar-refractivity contribution in [3.05, 3.63) is 24.3 Å². The van der Waals surface area contributed by atoms with Crippen molar-refractivity contribution < 1.29 is 17.9 Å². The van der Waals surface area contributed by atoms with Crippen molar-refractivity contribution >= 4 is 10.0 Å². The van der Waals surface area contributed by atoms with Crippen molar-refractivity contribution in [2.75, 3.05) is 40.0 Å². The van der Waals surface area contributed by atoms with Crippen molar-refractivity contribution in [1.82, 2.24) is 9.62 Å². The summed E-state index contributed by atoms with van der Waals surface area (Å²) >= 11 is 0. The first-order valence-corrected chi connectivity index (χ1v) is 9.38. The van der Waals surface area contributed by atoms with Gasteiger partial charge in [0.15, 0.2) is 0 Å². The first kappa shape index (κ1) is 19.9. The fraction of sp³-hybridized carbons (Fsp3) is 0.625. The van der Waals surface area contributed by atoms with Crippen LogP contribution >= 0.6 is 0 Å². The Hall–Kier alpha value is -1.15. The topological polar surface area (TPSA) is 67.9 Å². The maximum atomic E-state index is 12.3. The van der Waals surface area contributed by atoms with Gasteiger partial charge in [-0.05, 0) is 44.3 Å². The molecule has 132 valence electrons. The molecule has 0 heterocycles. The van der Waals surface area contributed by atoms with Crippen LogP contribution in [0, 0.1) is 0 Å². The zero-order valence-corrected chi connectivity index (χ0v) is 15.2. The normalized spacial score (nSPS) is 13.3. The minimum atomic E-state index is -3.50. The van der Waals surface area contributed by atoms with E-state index < -0.39 is 10.0 Å². The second-order valence-electron chi connectivity index (χ2n) is 5.23. The average Bonchev–Trinajstić information content (AvgIpc) is 2.55. The standard InChI is InChI=1S/C16H28N2O4S/c1-5-18(6-2)14(3)13-17-23(19,20)16-9-7-15(8-10-16)22-12-11-21-4/h7-10,14,17H,5-6,11-13H2,1-4H3/t14-/m0/s1. The molecule has 23 heavy (non-hydrogen) atoms. The molecule has 0 spiro atoms. The van der Waals surface area contributed by atoms with Gasteiger partial charge in [-0.3, -0.25) is 4.90 Å². The molecule has 1 rings (SSSR count).